The minimum Gasteiger partial charge on any atom is -0.469 e. The first-order valence-corrected chi connectivity index (χ1v) is 18.4. The highest BCUT2D eigenvalue weighted by Gasteiger charge is 2.34. The zero-order valence-electron chi connectivity index (χ0n) is 30.0. The Bertz CT molecular complexity index is 1530. The molecule has 0 spiro atoms. The van der Waals surface area contributed by atoms with Crippen LogP contribution in [0.3, 0.4) is 0 Å². The van der Waals surface area contributed by atoms with Crippen molar-refractivity contribution in [2.75, 3.05) is 13.7 Å². The first-order chi connectivity index (χ1) is 23.7. The monoisotopic (exact) mass is 682 g/mol. The standard InChI is InChI=1S/C44H55ClO4/c1-6-35(37-19-13-32(29-45)14-20-37)25-40(38-21-15-33(30-46)16-22-38)26-41(39-23-17-34(18-24-39)31-49-7-2)27-42(36-11-9-8-10-12-36)28-44(3,4)43(47)48-5/h8-24,35,40-42,46H,6-7,25-31H2,1-5H3. The Hall–Kier alpha value is -3.44. The number of hydrogen-bond acceptors (Lipinski definition) is 4. The van der Waals surface area contributed by atoms with Gasteiger partial charge in [0.2, 0.25) is 0 Å². The molecule has 0 amide bonds. The maximum absolute atomic E-state index is 13.0. The van der Waals surface area contributed by atoms with Gasteiger partial charge in [-0.1, -0.05) is 110 Å². The molecule has 4 aromatic carbocycles. The minimum atomic E-state index is -0.636. The number of halogens is 1. The summed E-state index contributed by atoms with van der Waals surface area (Å²) in [6, 6.07) is 36.9. The van der Waals surface area contributed by atoms with Crippen LogP contribution >= 0.6 is 11.6 Å². The molecule has 0 heterocycles. The van der Waals surface area contributed by atoms with Gasteiger partial charge in [-0.25, -0.2) is 0 Å². The highest BCUT2D eigenvalue weighted by molar-refractivity contribution is 6.17. The van der Waals surface area contributed by atoms with Gasteiger partial charge in [0.05, 0.1) is 25.7 Å². The normalized spacial score (nSPS) is 14.2. The van der Waals surface area contributed by atoms with Crippen LogP contribution in [0.5, 0.6) is 0 Å². The number of benzene rings is 4. The molecule has 4 atom stereocenters. The number of methoxy groups -OCH3 is 1. The number of hydrogen-bond donors (Lipinski definition) is 1. The molecule has 262 valence electrons. The lowest BCUT2D eigenvalue weighted by atomic mass is 9.71. The predicted octanol–water partition coefficient (Wildman–Crippen LogP) is 11.1. The lowest BCUT2D eigenvalue weighted by Gasteiger charge is -2.33. The van der Waals surface area contributed by atoms with Crippen molar-refractivity contribution >= 4 is 17.6 Å². The topological polar surface area (TPSA) is 55.8 Å². The number of carbonyl (C=O) groups excluding carboxylic acids is 1. The van der Waals surface area contributed by atoms with Crippen molar-refractivity contribution in [3.05, 3.63) is 142 Å². The summed E-state index contributed by atoms with van der Waals surface area (Å²) >= 11 is 6.13. The summed E-state index contributed by atoms with van der Waals surface area (Å²) in [5.41, 5.74) is 7.75. The third kappa shape index (κ3) is 11.0. The van der Waals surface area contributed by atoms with Gasteiger partial charge in [-0.15, -0.1) is 11.6 Å². The summed E-state index contributed by atoms with van der Waals surface area (Å²) in [7, 11) is 1.48. The average molecular weight is 683 g/mol. The van der Waals surface area contributed by atoms with Gasteiger partial charge >= 0.3 is 5.97 Å². The summed E-state index contributed by atoms with van der Waals surface area (Å²) in [5, 5.41) is 9.82. The fraction of sp³-hybridized carbons (Fsp3) is 0.432. The van der Waals surface area contributed by atoms with Crippen LogP contribution in [0.15, 0.2) is 103 Å². The van der Waals surface area contributed by atoms with Gasteiger partial charge in [-0.05, 0) is 115 Å². The molecule has 4 unspecified atom stereocenters. The van der Waals surface area contributed by atoms with Crippen molar-refractivity contribution < 1.29 is 19.4 Å². The number of ether oxygens (including phenoxy) is 2. The van der Waals surface area contributed by atoms with E-state index in [1.165, 1.54) is 34.9 Å². The van der Waals surface area contributed by atoms with Crippen LogP contribution < -0.4 is 0 Å². The van der Waals surface area contributed by atoms with E-state index >= 15 is 0 Å². The van der Waals surface area contributed by atoms with E-state index in [0.29, 0.717) is 31.4 Å². The summed E-state index contributed by atoms with van der Waals surface area (Å²) in [6.07, 6.45) is 4.55. The van der Waals surface area contributed by atoms with Gasteiger partial charge < -0.3 is 14.6 Å². The van der Waals surface area contributed by atoms with Crippen molar-refractivity contribution in [3.63, 3.8) is 0 Å². The van der Waals surface area contributed by atoms with Crippen molar-refractivity contribution in [1.29, 1.82) is 0 Å². The van der Waals surface area contributed by atoms with Crippen molar-refractivity contribution in [3.8, 4) is 0 Å². The highest BCUT2D eigenvalue weighted by Crippen LogP contribution is 2.45. The molecule has 0 aliphatic heterocycles. The molecule has 0 aromatic heterocycles. The van der Waals surface area contributed by atoms with Crippen LogP contribution in [-0.4, -0.2) is 24.8 Å². The Balaban J connectivity index is 1.76. The SMILES string of the molecule is CCOCc1ccc(C(CC(CC(CC)c2ccc(CCl)cc2)c2ccc(CO)cc2)CC(CC(C)(C)C(=O)OC)c2ccccc2)cc1. The smallest absolute Gasteiger partial charge is 0.311 e. The summed E-state index contributed by atoms with van der Waals surface area (Å²) in [4.78, 5) is 13.0. The third-order valence-electron chi connectivity index (χ3n) is 10.1. The van der Waals surface area contributed by atoms with Gasteiger partial charge in [0, 0.05) is 12.5 Å². The van der Waals surface area contributed by atoms with Crippen LogP contribution in [0.4, 0.5) is 0 Å². The van der Waals surface area contributed by atoms with Crippen molar-refractivity contribution in [2.24, 2.45) is 5.41 Å². The van der Waals surface area contributed by atoms with Gasteiger partial charge in [0.1, 0.15) is 0 Å². The Labute approximate surface area is 299 Å². The molecule has 4 aromatic rings. The molecule has 0 fully saturated rings. The van der Waals surface area contributed by atoms with Crippen molar-refractivity contribution in [1.82, 2.24) is 0 Å². The highest BCUT2D eigenvalue weighted by atomic mass is 35.5. The van der Waals surface area contributed by atoms with Crippen LogP contribution in [0.1, 0.15) is 122 Å². The average Bonchev–Trinajstić information content (AvgIpc) is 3.15. The molecule has 4 rings (SSSR count). The number of rotatable bonds is 19. The Kier molecular flexibility index (Phi) is 14.9. The molecule has 49 heavy (non-hydrogen) atoms. The second kappa shape index (κ2) is 19.1. The lowest BCUT2D eigenvalue weighted by molar-refractivity contribution is -0.151. The number of alkyl halides is 1. The van der Waals surface area contributed by atoms with Gasteiger partial charge in [-0.3, -0.25) is 4.79 Å². The number of aliphatic hydroxyl groups excluding tert-OH is 1. The number of aliphatic hydroxyl groups is 1. The summed E-state index contributed by atoms with van der Waals surface area (Å²) in [6.45, 7) is 9.61. The summed E-state index contributed by atoms with van der Waals surface area (Å²) in [5.74, 6) is 1.34. The molecule has 0 bridgehead atoms. The molecule has 0 radical (unpaired) electrons. The van der Waals surface area contributed by atoms with E-state index in [9.17, 15) is 9.90 Å². The largest absolute Gasteiger partial charge is 0.469 e. The Morgan fingerprint density at radius 3 is 1.63 bits per heavy atom. The maximum atomic E-state index is 13.0. The Morgan fingerprint density at radius 1 is 0.673 bits per heavy atom. The molecule has 0 aliphatic carbocycles. The van der Waals surface area contributed by atoms with Gasteiger partial charge in [0.25, 0.3) is 0 Å². The first-order valence-electron chi connectivity index (χ1n) is 17.9. The van der Waals surface area contributed by atoms with Crippen LogP contribution in [-0.2, 0) is 33.4 Å². The van der Waals surface area contributed by atoms with Crippen LogP contribution in [0.2, 0.25) is 0 Å². The molecule has 4 nitrogen and oxygen atoms in total. The quantitative estimate of drug-likeness (QED) is 0.0790. The zero-order valence-corrected chi connectivity index (χ0v) is 30.8. The first kappa shape index (κ1) is 38.4. The molecular weight excluding hydrogens is 628 g/mol. The van der Waals surface area contributed by atoms with Crippen molar-refractivity contribution in [2.45, 2.75) is 103 Å². The molecule has 0 saturated carbocycles. The molecule has 1 N–H and O–H groups in total. The van der Waals surface area contributed by atoms with E-state index in [2.05, 4.69) is 110 Å². The van der Waals surface area contributed by atoms with E-state index in [4.69, 9.17) is 21.1 Å². The molecule has 0 aliphatic rings. The fourth-order valence-electron chi connectivity index (χ4n) is 7.22. The fourth-order valence-corrected chi connectivity index (χ4v) is 7.40. The molecule has 0 saturated heterocycles. The van der Waals surface area contributed by atoms with E-state index < -0.39 is 5.41 Å². The third-order valence-corrected chi connectivity index (χ3v) is 10.4. The van der Waals surface area contributed by atoms with E-state index in [1.54, 1.807) is 0 Å². The maximum Gasteiger partial charge on any atom is 0.311 e. The van der Waals surface area contributed by atoms with Crippen LogP contribution in [0.25, 0.3) is 0 Å². The second-order valence-corrected chi connectivity index (χ2v) is 14.3. The second-order valence-electron chi connectivity index (χ2n) is 14.0. The summed E-state index contributed by atoms with van der Waals surface area (Å²) < 4.78 is 11.0. The zero-order chi connectivity index (χ0) is 35.2. The number of esters is 1. The molecular formula is C44H55ClO4. The van der Waals surface area contributed by atoms with E-state index in [-0.39, 0.29) is 30.3 Å². The molecule has 5 heteroatoms. The van der Waals surface area contributed by atoms with E-state index in [0.717, 1.165) is 36.8 Å². The van der Waals surface area contributed by atoms with E-state index in [1.807, 2.05) is 20.8 Å². The van der Waals surface area contributed by atoms with Gasteiger partial charge in [0.15, 0.2) is 0 Å². The van der Waals surface area contributed by atoms with Crippen LogP contribution in [0, 0.1) is 5.41 Å². The Morgan fingerprint density at radius 2 is 1.14 bits per heavy atom. The minimum absolute atomic E-state index is 0.0287. The van der Waals surface area contributed by atoms with Gasteiger partial charge in [-0.2, -0.15) is 0 Å². The lowest BCUT2D eigenvalue weighted by Crippen LogP contribution is -2.28. The predicted molar refractivity (Wildman–Crippen MR) is 202 cm³/mol. The number of carbonyl (C=O) groups is 1.